The summed E-state index contributed by atoms with van der Waals surface area (Å²) in [6.07, 6.45) is 0.717. The van der Waals surface area contributed by atoms with Crippen LogP contribution >= 0.6 is 0 Å². The summed E-state index contributed by atoms with van der Waals surface area (Å²) in [6, 6.07) is 7.52. The van der Waals surface area contributed by atoms with Crippen LogP contribution in [0, 0.1) is 5.41 Å². The van der Waals surface area contributed by atoms with Crippen LogP contribution in [0.2, 0.25) is 0 Å². The van der Waals surface area contributed by atoms with Gasteiger partial charge in [-0.1, -0.05) is 24.3 Å². The van der Waals surface area contributed by atoms with Gasteiger partial charge in [-0.05, 0) is 12.0 Å². The predicted molar refractivity (Wildman–Crippen MR) is 93.5 cm³/mol. The molecule has 0 aromatic heterocycles. The second-order valence-corrected chi connectivity index (χ2v) is 6.63. The molecule has 1 amide bonds. The van der Waals surface area contributed by atoms with E-state index in [1.807, 2.05) is 29.2 Å². The Morgan fingerprint density at radius 2 is 2.08 bits per heavy atom. The highest BCUT2D eigenvalue weighted by Gasteiger charge is 2.31. The molecule has 26 heavy (non-hydrogen) atoms. The van der Waals surface area contributed by atoms with Crippen molar-refractivity contribution in [3.8, 4) is 0 Å². The zero-order valence-corrected chi connectivity index (χ0v) is 14.4. The number of hydrogen-bond acceptors (Lipinski definition) is 6. The molecule has 1 aromatic carbocycles. The minimum absolute atomic E-state index is 0.0387. The van der Waals surface area contributed by atoms with Crippen molar-refractivity contribution in [2.45, 2.75) is 18.6 Å². The fourth-order valence-electron chi connectivity index (χ4n) is 3.28. The maximum Gasteiger partial charge on any atom is 0.323 e. The van der Waals surface area contributed by atoms with Crippen LogP contribution in [-0.2, 0) is 14.4 Å². The Labute approximate surface area is 151 Å². The predicted octanol–water partition coefficient (Wildman–Crippen LogP) is -0.466. The van der Waals surface area contributed by atoms with Crippen LogP contribution in [0.15, 0.2) is 24.3 Å². The van der Waals surface area contributed by atoms with Crippen molar-refractivity contribution in [3.05, 3.63) is 35.4 Å². The van der Waals surface area contributed by atoms with Gasteiger partial charge in [0, 0.05) is 25.2 Å². The van der Waals surface area contributed by atoms with Gasteiger partial charge in [-0.15, -0.1) is 0 Å². The monoisotopic (exact) mass is 361 g/mol. The molecular formula is C17H23N5O4. The fraction of sp³-hybridized carbons (Fsp3) is 0.471. The molecule has 1 aromatic rings. The molecule has 2 aliphatic rings. The molecule has 2 fully saturated rings. The number of carboxylic acid groups (broad SMARTS) is 1. The Morgan fingerprint density at radius 3 is 2.69 bits per heavy atom. The second kappa shape index (κ2) is 7.81. The first-order valence-corrected chi connectivity index (χ1v) is 8.50. The van der Waals surface area contributed by atoms with Crippen molar-refractivity contribution in [3.63, 3.8) is 0 Å². The number of carboxylic acids is 1. The van der Waals surface area contributed by atoms with Crippen LogP contribution in [-0.4, -0.2) is 71.4 Å². The number of nitrogens with zero attached hydrogens (tertiary/aromatic N) is 2. The van der Waals surface area contributed by atoms with Gasteiger partial charge in [0.05, 0.1) is 18.7 Å². The SMILES string of the molecule is N=C(N)c1ccc(C2CC(CN3CCN(CC(=O)O)C(=O)C3)ON2)cc1. The minimum Gasteiger partial charge on any atom is -0.480 e. The van der Waals surface area contributed by atoms with E-state index in [2.05, 4.69) is 5.48 Å². The van der Waals surface area contributed by atoms with Gasteiger partial charge in [-0.25, -0.2) is 0 Å². The van der Waals surface area contributed by atoms with E-state index in [4.69, 9.17) is 21.1 Å². The third kappa shape index (κ3) is 4.37. The Hall–Kier alpha value is -2.49. The number of nitrogen functional groups attached to an aromatic ring is 1. The van der Waals surface area contributed by atoms with Crippen LogP contribution in [0.1, 0.15) is 23.6 Å². The second-order valence-electron chi connectivity index (χ2n) is 6.63. The van der Waals surface area contributed by atoms with Crippen molar-refractivity contribution in [2.75, 3.05) is 32.7 Å². The lowest BCUT2D eigenvalue weighted by Crippen LogP contribution is -2.53. The van der Waals surface area contributed by atoms with Crippen molar-refractivity contribution in [2.24, 2.45) is 5.73 Å². The lowest BCUT2D eigenvalue weighted by atomic mass is 10.0. The number of nitrogens with two attached hydrogens (primary N) is 1. The quantitative estimate of drug-likeness (QED) is 0.398. The number of carbonyl (C=O) groups is 2. The molecule has 5 N–H and O–H groups in total. The lowest BCUT2D eigenvalue weighted by Gasteiger charge is -2.34. The number of benzene rings is 1. The lowest BCUT2D eigenvalue weighted by molar-refractivity contribution is -0.147. The third-order valence-electron chi connectivity index (χ3n) is 4.69. The van der Waals surface area contributed by atoms with Crippen molar-refractivity contribution >= 4 is 17.7 Å². The highest BCUT2D eigenvalue weighted by Crippen LogP contribution is 2.26. The molecule has 0 bridgehead atoms. The summed E-state index contributed by atoms with van der Waals surface area (Å²) in [4.78, 5) is 31.8. The summed E-state index contributed by atoms with van der Waals surface area (Å²) < 4.78 is 0. The zero-order valence-electron chi connectivity index (χ0n) is 14.4. The van der Waals surface area contributed by atoms with Gasteiger partial charge in [0.15, 0.2) is 0 Å². The number of carbonyl (C=O) groups excluding carboxylic acids is 1. The van der Waals surface area contributed by atoms with E-state index in [1.54, 1.807) is 0 Å². The molecule has 9 nitrogen and oxygen atoms in total. The molecule has 2 atom stereocenters. The van der Waals surface area contributed by atoms with Crippen molar-refractivity contribution < 1.29 is 19.5 Å². The molecule has 2 unspecified atom stereocenters. The minimum atomic E-state index is -0.992. The largest absolute Gasteiger partial charge is 0.480 e. The van der Waals surface area contributed by atoms with Crippen LogP contribution in [0.3, 0.4) is 0 Å². The molecule has 2 saturated heterocycles. The number of amides is 1. The normalized spacial score (nSPS) is 24.0. The van der Waals surface area contributed by atoms with Gasteiger partial charge < -0.3 is 15.7 Å². The van der Waals surface area contributed by atoms with Crippen molar-refractivity contribution in [1.82, 2.24) is 15.3 Å². The zero-order chi connectivity index (χ0) is 18.7. The number of nitrogens with one attached hydrogen (secondary N) is 2. The highest BCUT2D eigenvalue weighted by atomic mass is 16.7. The smallest absolute Gasteiger partial charge is 0.323 e. The van der Waals surface area contributed by atoms with E-state index in [1.165, 1.54) is 4.90 Å². The summed E-state index contributed by atoms with van der Waals surface area (Å²) >= 11 is 0. The first-order chi connectivity index (χ1) is 12.4. The Balaban J connectivity index is 1.50. The van der Waals surface area contributed by atoms with Gasteiger partial charge in [-0.3, -0.25) is 24.7 Å². The van der Waals surface area contributed by atoms with Crippen LogP contribution in [0.25, 0.3) is 0 Å². The molecule has 0 aliphatic carbocycles. The number of hydroxylamine groups is 1. The first kappa shape index (κ1) is 18.3. The van der Waals surface area contributed by atoms with Crippen LogP contribution in [0.5, 0.6) is 0 Å². The Bertz CT molecular complexity index is 693. The fourth-order valence-corrected chi connectivity index (χ4v) is 3.28. The summed E-state index contributed by atoms with van der Waals surface area (Å²) in [6.45, 7) is 1.64. The molecule has 140 valence electrons. The molecule has 9 heteroatoms. The molecule has 0 spiro atoms. The number of aliphatic carboxylic acids is 1. The highest BCUT2D eigenvalue weighted by molar-refractivity contribution is 5.94. The summed E-state index contributed by atoms with van der Waals surface area (Å²) in [5.41, 5.74) is 10.2. The Morgan fingerprint density at radius 1 is 1.35 bits per heavy atom. The summed E-state index contributed by atoms with van der Waals surface area (Å²) in [5, 5.41) is 16.2. The van der Waals surface area contributed by atoms with Crippen LogP contribution in [0.4, 0.5) is 0 Å². The van der Waals surface area contributed by atoms with E-state index < -0.39 is 5.97 Å². The third-order valence-corrected chi connectivity index (χ3v) is 4.69. The maximum absolute atomic E-state index is 12.0. The number of amidine groups is 1. The topological polar surface area (TPSA) is 132 Å². The number of piperazine rings is 1. The number of hydrogen-bond donors (Lipinski definition) is 4. The average molecular weight is 361 g/mol. The summed E-state index contributed by atoms with van der Waals surface area (Å²) in [7, 11) is 0. The van der Waals surface area contributed by atoms with Gasteiger partial charge in [0.2, 0.25) is 5.91 Å². The van der Waals surface area contributed by atoms with E-state index in [0.717, 1.165) is 12.0 Å². The van der Waals surface area contributed by atoms with E-state index >= 15 is 0 Å². The molecule has 0 saturated carbocycles. The van der Waals surface area contributed by atoms with Crippen molar-refractivity contribution in [1.29, 1.82) is 5.41 Å². The van der Waals surface area contributed by atoms with Crippen LogP contribution < -0.4 is 11.2 Å². The van der Waals surface area contributed by atoms with E-state index in [-0.39, 0.29) is 37.0 Å². The first-order valence-electron chi connectivity index (χ1n) is 8.50. The van der Waals surface area contributed by atoms with Gasteiger partial charge in [0.1, 0.15) is 12.4 Å². The standard InChI is InChI=1S/C17H23N5O4/c18-17(19)12-3-1-11(2-4-12)14-7-13(26-20-14)8-21-5-6-22(10-16(24)25)15(23)9-21/h1-4,13-14,20H,5-10H2,(H3,18,19)(H,24,25). The molecule has 2 heterocycles. The molecule has 2 aliphatic heterocycles. The Kier molecular flexibility index (Phi) is 5.50. The maximum atomic E-state index is 12.0. The molecule has 0 radical (unpaired) electrons. The average Bonchev–Trinajstić information content (AvgIpc) is 3.05. The van der Waals surface area contributed by atoms with E-state index in [9.17, 15) is 9.59 Å². The number of rotatable bonds is 6. The van der Waals surface area contributed by atoms with E-state index in [0.29, 0.717) is 25.2 Å². The van der Waals surface area contributed by atoms with Gasteiger partial charge >= 0.3 is 5.97 Å². The van der Waals surface area contributed by atoms with Gasteiger partial charge in [-0.2, -0.15) is 5.48 Å². The molecular weight excluding hydrogens is 338 g/mol. The summed E-state index contributed by atoms with van der Waals surface area (Å²) in [5.74, 6) is -1.12. The molecule has 3 rings (SSSR count). The van der Waals surface area contributed by atoms with Gasteiger partial charge in [0.25, 0.3) is 0 Å².